The highest BCUT2D eigenvalue weighted by molar-refractivity contribution is 6.59. The number of hydrogen-bond donors (Lipinski definition) is 0. The summed E-state index contributed by atoms with van der Waals surface area (Å²) >= 11 is 0. The first-order chi connectivity index (χ1) is 27.3. The summed E-state index contributed by atoms with van der Waals surface area (Å²) in [6.45, 7) is 0. The Labute approximate surface area is 331 Å². The molecule has 3 heterocycles. The van der Waals surface area contributed by atoms with Crippen LogP contribution in [-0.2, 0) is 0 Å². The molecule has 0 unspecified atom stereocenters. The zero-order valence-corrected chi connectivity index (χ0v) is 32.5. The Balaban J connectivity index is 1.37. The van der Waals surface area contributed by atoms with Crippen LogP contribution in [0.2, 0.25) is 0 Å². The standard InChI is InChI=1S/C45H35B6N5/c46-28-20-31-35-37(50)36-32-21-29(47)23-34(49)40(32)56(42(36)38(51)41(35)55(39(31)33(48)22-28)30-17-8-3-9-18-30)45-53-43(25-13-6-2-7-14-25)52-44(54-45)27-16-10-15-26(19-27)24-11-4-1-5-12-24/h1-23H,46-51H2. The van der Waals surface area contributed by atoms with E-state index in [-0.39, 0.29) is 0 Å². The van der Waals surface area contributed by atoms with Crippen molar-refractivity contribution in [1.29, 1.82) is 0 Å². The van der Waals surface area contributed by atoms with Crippen LogP contribution >= 0.6 is 0 Å². The molecule has 10 rings (SSSR count). The first-order valence-corrected chi connectivity index (χ1v) is 19.3. The lowest BCUT2D eigenvalue weighted by molar-refractivity contribution is 0.956. The highest BCUT2D eigenvalue weighted by atomic mass is 15.2. The molecular formula is C45H35B6N5. The molecule has 0 aliphatic rings. The quantitative estimate of drug-likeness (QED) is 0.247. The fraction of sp³-hybridized carbons (Fsp3) is 0. The van der Waals surface area contributed by atoms with Gasteiger partial charge in [-0.3, -0.25) is 4.57 Å². The van der Waals surface area contributed by atoms with Crippen LogP contribution in [0.15, 0.2) is 140 Å². The summed E-state index contributed by atoms with van der Waals surface area (Å²) in [7, 11) is 13.4. The monoisotopic (exact) mass is 711 g/mol. The molecule has 0 aliphatic carbocycles. The second-order valence-corrected chi connectivity index (χ2v) is 15.3. The van der Waals surface area contributed by atoms with Crippen LogP contribution in [0, 0.1) is 0 Å². The molecule has 0 amide bonds. The molecule has 0 spiro atoms. The largest absolute Gasteiger partial charge is 0.310 e. The van der Waals surface area contributed by atoms with Gasteiger partial charge in [0.25, 0.3) is 0 Å². The number of fused-ring (bicyclic) bond motifs is 6. The molecule has 7 aromatic carbocycles. The average Bonchev–Trinajstić information content (AvgIpc) is 3.76. The van der Waals surface area contributed by atoms with Crippen molar-refractivity contribution >= 4 is 123 Å². The van der Waals surface area contributed by atoms with Gasteiger partial charge in [0.15, 0.2) is 11.6 Å². The smallest absolute Gasteiger partial charge is 0.238 e. The van der Waals surface area contributed by atoms with Gasteiger partial charge < -0.3 is 4.57 Å². The zero-order valence-electron chi connectivity index (χ0n) is 32.5. The molecule has 0 radical (unpaired) electrons. The molecule has 0 saturated carbocycles. The van der Waals surface area contributed by atoms with Crippen LogP contribution in [0.4, 0.5) is 0 Å². The van der Waals surface area contributed by atoms with E-state index in [1.165, 1.54) is 65.4 Å². The maximum Gasteiger partial charge on any atom is 0.238 e. The van der Waals surface area contributed by atoms with E-state index < -0.39 is 0 Å². The van der Waals surface area contributed by atoms with Crippen molar-refractivity contribution < 1.29 is 0 Å². The van der Waals surface area contributed by atoms with Crippen LogP contribution in [0.5, 0.6) is 0 Å². The van der Waals surface area contributed by atoms with Crippen molar-refractivity contribution in [3.8, 4) is 45.5 Å². The molecule has 0 bridgehead atoms. The van der Waals surface area contributed by atoms with Crippen LogP contribution < -0.4 is 32.8 Å². The van der Waals surface area contributed by atoms with Gasteiger partial charge in [-0.1, -0.05) is 149 Å². The minimum absolute atomic E-state index is 0.599. The minimum atomic E-state index is 0.599. The van der Waals surface area contributed by atoms with E-state index >= 15 is 0 Å². The maximum absolute atomic E-state index is 5.40. The van der Waals surface area contributed by atoms with Crippen molar-refractivity contribution in [2.24, 2.45) is 0 Å². The predicted octanol–water partition coefficient (Wildman–Crippen LogP) is 0.617. The minimum Gasteiger partial charge on any atom is -0.310 e. The van der Waals surface area contributed by atoms with E-state index in [0.29, 0.717) is 17.6 Å². The maximum atomic E-state index is 5.40. The third-order valence-electron chi connectivity index (χ3n) is 11.4. The summed E-state index contributed by atoms with van der Waals surface area (Å²) in [4.78, 5) is 15.9. The Morgan fingerprint density at radius 2 is 0.857 bits per heavy atom. The Hall–Kier alpha value is -6.46. The lowest BCUT2D eigenvalue weighted by atomic mass is 9.78. The Kier molecular flexibility index (Phi) is 7.96. The zero-order chi connectivity index (χ0) is 38.2. The lowest BCUT2D eigenvalue weighted by Crippen LogP contribution is -2.21. The summed E-state index contributed by atoms with van der Waals surface area (Å²) in [5.41, 5.74) is 17.3. The molecule has 0 N–H and O–H groups in total. The highest BCUT2D eigenvalue weighted by Gasteiger charge is 2.27. The fourth-order valence-corrected chi connectivity index (χ4v) is 9.12. The molecule has 10 aromatic rings. The summed E-state index contributed by atoms with van der Waals surface area (Å²) in [6, 6.07) is 49.3. The van der Waals surface area contributed by atoms with Gasteiger partial charge in [0, 0.05) is 49.4 Å². The summed E-state index contributed by atoms with van der Waals surface area (Å²) < 4.78 is 4.80. The molecule has 3 aromatic heterocycles. The van der Waals surface area contributed by atoms with Crippen LogP contribution in [0.3, 0.4) is 0 Å². The Bertz CT molecular complexity index is 3200. The number of para-hydroxylation sites is 1. The van der Waals surface area contributed by atoms with Gasteiger partial charge in [-0.25, -0.2) is 4.98 Å². The Morgan fingerprint density at radius 1 is 0.375 bits per heavy atom. The summed E-state index contributed by atoms with van der Waals surface area (Å²) in [5, 5.41) is 5.01. The third-order valence-corrected chi connectivity index (χ3v) is 11.4. The second-order valence-electron chi connectivity index (χ2n) is 15.3. The van der Waals surface area contributed by atoms with Gasteiger partial charge in [-0.2, -0.15) is 9.97 Å². The first kappa shape index (κ1) is 34.1. The van der Waals surface area contributed by atoms with E-state index in [1.54, 1.807) is 0 Å². The third kappa shape index (κ3) is 5.29. The van der Waals surface area contributed by atoms with E-state index in [4.69, 9.17) is 15.0 Å². The summed E-state index contributed by atoms with van der Waals surface area (Å²) in [5.74, 6) is 1.86. The molecule has 0 atom stereocenters. The SMILES string of the molecule is Bc1cc(B)c2c(c1)c1c(B)c3c4cc(B)cc(B)c4n(-c4nc(-c5ccccc5)nc(-c5cccc(-c6ccccc6)c5)n4)c3c(B)c1n2-c1ccccc1. The molecule has 56 heavy (non-hydrogen) atoms. The molecular weight excluding hydrogens is 675 g/mol. The first-order valence-electron chi connectivity index (χ1n) is 19.3. The van der Waals surface area contributed by atoms with Crippen molar-refractivity contribution in [2.75, 3.05) is 0 Å². The van der Waals surface area contributed by atoms with Gasteiger partial charge in [0.2, 0.25) is 5.95 Å². The normalized spacial score (nSPS) is 11.6. The molecule has 5 nitrogen and oxygen atoms in total. The van der Waals surface area contributed by atoms with Gasteiger partial charge in [-0.05, 0) is 34.8 Å². The van der Waals surface area contributed by atoms with Crippen LogP contribution in [-0.4, -0.2) is 71.2 Å². The highest BCUT2D eigenvalue weighted by Crippen LogP contribution is 2.36. The molecule has 0 aliphatic heterocycles. The summed E-state index contributed by atoms with van der Waals surface area (Å²) in [6.07, 6.45) is 0. The van der Waals surface area contributed by atoms with E-state index in [9.17, 15) is 0 Å². The van der Waals surface area contributed by atoms with Gasteiger partial charge in [0.1, 0.15) is 47.1 Å². The van der Waals surface area contributed by atoms with Gasteiger partial charge in [-0.15, -0.1) is 0 Å². The Morgan fingerprint density at radius 3 is 1.46 bits per heavy atom. The lowest BCUT2D eigenvalue weighted by Gasteiger charge is -2.16. The number of hydrogen-bond acceptors (Lipinski definition) is 3. The van der Waals surface area contributed by atoms with Crippen LogP contribution in [0.25, 0.3) is 89.2 Å². The number of benzene rings is 7. The van der Waals surface area contributed by atoms with Crippen LogP contribution in [0.1, 0.15) is 0 Å². The number of aromatic nitrogens is 5. The van der Waals surface area contributed by atoms with Gasteiger partial charge in [0.05, 0.1) is 11.0 Å². The molecule has 0 fully saturated rings. The van der Waals surface area contributed by atoms with Crippen molar-refractivity contribution in [3.05, 3.63) is 140 Å². The van der Waals surface area contributed by atoms with Crippen molar-refractivity contribution in [1.82, 2.24) is 24.1 Å². The second kappa shape index (κ2) is 13.1. The predicted molar refractivity (Wildman–Crippen MR) is 254 cm³/mol. The van der Waals surface area contributed by atoms with Crippen molar-refractivity contribution in [3.63, 3.8) is 0 Å². The number of rotatable bonds is 5. The fourth-order valence-electron chi connectivity index (χ4n) is 9.12. The van der Waals surface area contributed by atoms with Crippen molar-refractivity contribution in [2.45, 2.75) is 0 Å². The van der Waals surface area contributed by atoms with E-state index in [2.05, 4.69) is 171 Å². The van der Waals surface area contributed by atoms with E-state index in [1.807, 2.05) is 24.3 Å². The topological polar surface area (TPSA) is 48.5 Å². The number of nitrogens with zero attached hydrogens (tertiary/aromatic N) is 5. The molecule has 0 saturated heterocycles. The molecule has 258 valence electrons. The average molecular weight is 711 g/mol. The van der Waals surface area contributed by atoms with Gasteiger partial charge >= 0.3 is 0 Å². The van der Waals surface area contributed by atoms with E-state index in [0.717, 1.165) is 39.0 Å². The molecule has 11 heteroatoms.